The second-order valence-corrected chi connectivity index (χ2v) is 3.80. The van der Waals surface area contributed by atoms with Crippen LogP contribution in [-0.2, 0) is 0 Å². The van der Waals surface area contributed by atoms with Crippen molar-refractivity contribution in [2.45, 2.75) is 12.8 Å². The van der Waals surface area contributed by atoms with Crippen LogP contribution >= 0.6 is 0 Å². The van der Waals surface area contributed by atoms with E-state index < -0.39 is 0 Å². The Morgan fingerprint density at radius 3 is 3.07 bits per heavy atom. The number of hydrogen-bond acceptors (Lipinski definition) is 3. The molecule has 1 aromatic carbocycles. The van der Waals surface area contributed by atoms with E-state index in [0.29, 0.717) is 0 Å². The van der Waals surface area contributed by atoms with E-state index in [1.165, 1.54) is 12.8 Å². The molecule has 0 saturated heterocycles. The number of ether oxygens (including phenoxy) is 1. The van der Waals surface area contributed by atoms with Crippen molar-refractivity contribution in [3.63, 3.8) is 0 Å². The fourth-order valence-corrected chi connectivity index (χ4v) is 1.40. The molecule has 0 bridgehead atoms. The van der Waals surface area contributed by atoms with Gasteiger partial charge in [0, 0.05) is 18.3 Å². The molecule has 1 aliphatic rings. The third-order valence-corrected chi connectivity index (χ3v) is 2.43. The Hall–Kier alpha value is -1.69. The summed E-state index contributed by atoms with van der Waals surface area (Å²) in [7, 11) is 0. The predicted octanol–water partition coefficient (Wildman–Crippen LogP) is 2.41. The normalized spacial score (nSPS) is 14.3. The third-order valence-electron chi connectivity index (χ3n) is 2.43. The van der Waals surface area contributed by atoms with Crippen molar-refractivity contribution in [3.8, 4) is 11.8 Å². The zero-order valence-corrected chi connectivity index (χ0v) is 8.57. The third kappa shape index (κ3) is 3.17. The molecule has 1 fully saturated rings. The zero-order valence-electron chi connectivity index (χ0n) is 8.57. The molecule has 0 aliphatic heterocycles. The number of hydrogen-bond donors (Lipinski definition) is 1. The Bertz CT molecular complexity index is 366. The first-order valence-electron chi connectivity index (χ1n) is 5.22. The Morgan fingerprint density at radius 1 is 1.47 bits per heavy atom. The van der Waals surface area contributed by atoms with Crippen LogP contribution in [0.1, 0.15) is 12.8 Å². The summed E-state index contributed by atoms with van der Waals surface area (Å²) in [6, 6.07) is 9.69. The first-order valence-corrected chi connectivity index (χ1v) is 5.22. The van der Waals surface area contributed by atoms with Crippen LogP contribution in [0.15, 0.2) is 24.3 Å². The van der Waals surface area contributed by atoms with Gasteiger partial charge in [-0.05, 0) is 30.9 Å². The fraction of sp³-hybridized carbons (Fsp3) is 0.417. The molecular weight excluding hydrogens is 188 g/mol. The Kier molecular flexibility index (Phi) is 3.08. The fourth-order valence-electron chi connectivity index (χ4n) is 1.40. The average molecular weight is 202 g/mol. The SMILES string of the molecule is N#CCOc1cccc(NCC2CC2)c1. The van der Waals surface area contributed by atoms with E-state index in [9.17, 15) is 0 Å². The molecule has 15 heavy (non-hydrogen) atoms. The number of nitrogens with zero attached hydrogens (tertiary/aromatic N) is 1. The summed E-state index contributed by atoms with van der Waals surface area (Å²) in [5, 5.41) is 11.8. The summed E-state index contributed by atoms with van der Waals surface area (Å²) in [6.45, 7) is 1.15. The molecule has 1 N–H and O–H groups in total. The number of nitriles is 1. The molecule has 0 aromatic heterocycles. The first-order chi connectivity index (χ1) is 7.38. The average Bonchev–Trinajstić information content (AvgIpc) is 3.08. The van der Waals surface area contributed by atoms with Crippen LogP contribution in [0, 0.1) is 17.2 Å². The molecule has 0 heterocycles. The molecule has 0 unspecified atom stereocenters. The minimum absolute atomic E-state index is 0.103. The Labute approximate surface area is 89.7 Å². The summed E-state index contributed by atoms with van der Waals surface area (Å²) in [4.78, 5) is 0. The van der Waals surface area contributed by atoms with E-state index in [1.807, 2.05) is 30.3 Å². The van der Waals surface area contributed by atoms with Crippen LogP contribution in [0.5, 0.6) is 5.75 Å². The number of anilines is 1. The molecule has 0 radical (unpaired) electrons. The van der Waals surface area contributed by atoms with Crippen LogP contribution in [0.3, 0.4) is 0 Å². The number of nitrogens with one attached hydrogen (secondary N) is 1. The standard InChI is InChI=1S/C12H14N2O/c13-6-7-15-12-3-1-2-11(8-12)14-9-10-4-5-10/h1-3,8,10,14H,4-5,7,9H2. The Morgan fingerprint density at radius 2 is 2.33 bits per heavy atom. The maximum Gasteiger partial charge on any atom is 0.174 e. The highest BCUT2D eigenvalue weighted by Gasteiger charge is 2.20. The van der Waals surface area contributed by atoms with Crippen molar-refractivity contribution in [2.75, 3.05) is 18.5 Å². The van der Waals surface area contributed by atoms with Gasteiger partial charge in [0.05, 0.1) is 0 Å². The summed E-state index contributed by atoms with van der Waals surface area (Å²) in [5.74, 6) is 1.60. The van der Waals surface area contributed by atoms with Gasteiger partial charge in [0.25, 0.3) is 0 Å². The highest BCUT2D eigenvalue weighted by Crippen LogP contribution is 2.29. The lowest BCUT2D eigenvalue weighted by molar-refractivity contribution is 0.368. The second-order valence-electron chi connectivity index (χ2n) is 3.80. The van der Waals surface area contributed by atoms with Crippen molar-refractivity contribution in [2.24, 2.45) is 5.92 Å². The lowest BCUT2D eigenvalue weighted by atomic mass is 10.3. The molecule has 0 amide bonds. The predicted molar refractivity (Wildman–Crippen MR) is 58.8 cm³/mol. The zero-order chi connectivity index (χ0) is 10.5. The summed E-state index contributed by atoms with van der Waals surface area (Å²) in [5.41, 5.74) is 1.07. The number of benzene rings is 1. The first kappa shape index (κ1) is 9.85. The number of rotatable bonds is 5. The van der Waals surface area contributed by atoms with Gasteiger partial charge in [-0.1, -0.05) is 6.07 Å². The maximum atomic E-state index is 8.39. The monoisotopic (exact) mass is 202 g/mol. The summed E-state index contributed by atoms with van der Waals surface area (Å²) in [6.07, 6.45) is 2.69. The lowest BCUT2D eigenvalue weighted by Crippen LogP contribution is -2.03. The minimum Gasteiger partial charge on any atom is -0.479 e. The molecule has 3 nitrogen and oxygen atoms in total. The van der Waals surface area contributed by atoms with Gasteiger partial charge in [-0.2, -0.15) is 5.26 Å². The van der Waals surface area contributed by atoms with E-state index in [4.69, 9.17) is 10.00 Å². The van der Waals surface area contributed by atoms with Crippen molar-refractivity contribution < 1.29 is 4.74 Å². The molecule has 0 atom stereocenters. The highest BCUT2D eigenvalue weighted by atomic mass is 16.5. The van der Waals surface area contributed by atoms with Gasteiger partial charge >= 0.3 is 0 Å². The van der Waals surface area contributed by atoms with Gasteiger partial charge in [0.2, 0.25) is 0 Å². The van der Waals surface area contributed by atoms with Gasteiger partial charge < -0.3 is 10.1 Å². The van der Waals surface area contributed by atoms with E-state index >= 15 is 0 Å². The van der Waals surface area contributed by atoms with E-state index in [1.54, 1.807) is 0 Å². The molecule has 1 aliphatic carbocycles. The Balaban J connectivity index is 1.89. The lowest BCUT2D eigenvalue weighted by Gasteiger charge is -2.07. The molecule has 78 valence electrons. The van der Waals surface area contributed by atoms with Gasteiger partial charge in [0.15, 0.2) is 6.61 Å². The highest BCUT2D eigenvalue weighted by molar-refractivity contribution is 5.48. The topological polar surface area (TPSA) is 45.0 Å². The largest absolute Gasteiger partial charge is 0.479 e. The van der Waals surface area contributed by atoms with Gasteiger partial charge in [0.1, 0.15) is 11.8 Å². The van der Waals surface area contributed by atoms with E-state index in [-0.39, 0.29) is 6.61 Å². The summed E-state index contributed by atoms with van der Waals surface area (Å²) >= 11 is 0. The van der Waals surface area contributed by atoms with Crippen LogP contribution in [-0.4, -0.2) is 13.2 Å². The molecule has 3 heteroatoms. The van der Waals surface area contributed by atoms with Gasteiger partial charge in [-0.15, -0.1) is 0 Å². The molecule has 0 spiro atoms. The summed E-state index contributed by atoms with van der Waals surface area (Å²) < 4.78 is 5.22. The molecule has 1 aromatic rings. The minimum atomic E-state index is 0.103. The van der Waals surface area contributed by atoms with Crippen LogP contribution < -0.4 is 10.1 Å². The quantitative estimate of drug-likeness (QED) is 0.797. The van der Waals surface area contributed by atoms with Gasteiger partial charge in [-0.25, -0.2) is 0 Å². The van der Waals surface area contributed by atoms with E-state index in [2.05, 4.69) is 5.32 Å². The van der Waals surface area contributed by atoms with Crippen molar-refractivity contribution in [3.05, 3.63) is 24.3 Å². The molecule has 2 rings (SSSR count). The van der Waals surface area contributed by atoms with E-state index in [0.717, 1.165) is 23.9 Å². The van der Waals surface area contributed by atoms with Crippen LogP contribution in [0.2, 0.25) is 0 Å². The van der Waals surface area contributed by atoms with Crippen LogP contribution in [0.4, 0.5) is 5.69 Å². The molecular formula is C12H14N2O. The second kappa shape index (κ2) is 4.70. The maximum absolute atomic E-state index is 8.39. The van der Waals surface area contributed by atoms with Crippen molar-refractivity contribution >= 4 is 5.69 Å². The van der Waals surface area contributed by atoms with Crippen molar-refractivity contribution in [1.82, 2.24) is 0 Å². The van der Waals surface area contributed by atoms with Gasteiger partial charge in [-0.3, -0.25) is 0 Å². The smallest absolute Gasteiger partial charge is 0.174 e. The van der Waals surface area contributed by atoms with Crippen molar-refractivity contribution in [1.29, 1.82) is 5.26 Å². The molecule has 1 saturated carbocycles. The van der Waals surface area contributed by atoms with Crippen LogP contribution in [0.25, 0.3) is 0 Å².